The van der Waals surface area contributed by atoms with Crippen LogP contribution in [-0.4, -0.2) is 107 Å². The Morgan fingerprint density at radius 1 is 1.14 bits per heavy atom. The van der Waals surface area contributed by atoms with Crippen LogP contribution in [0.5, 0.6) is 11.9 Å². The van der Waals surface area contributed by atoms with Crippen molar-refractivity contribution >= 4 is 39.2 Å². The molecule has 0 amide bonds. The summed E-state index contributed by atoms with van der Waals surface area (Å²) in [5, 5.41) is 17.0. The number of nitrogens with zero attached hydrogens (tertiary/aromatic N) is 7. The van der Waals surface area contributed by atoms with E-state index in [0.29, 0.717) is 41.2 Å². The van der Waals surface area contributed by atoms with Crippen molar-refractivity contribution in [1.29, 1.82) is 0 Å². The molecule has 4 aliphatic rings. The van der Waals surface area contributed by atoms with Crippen LogP contribution in [0.15, 0.2) is 12.3 Å². The molecule has 4 atom stereocenters. The number of methoxy groups -OCH3 is 1. The number of aromatic nitrogens is 5. The van der Waals surface area contributed by atoms with Crippen molar-refractivity contribution in [3.63, 3.8) is 0 Å². The smallest absolute Gasteiger partial charge is 0.319 e. The molecule has 51 heavy (non-hydrogen) atoms. The fourth-order valence-corrected chi connectivity index (χ4v) is 8.91. The van der Waals surface area contributed by atoms with Gasteiger partial charge < -0.3 is 33.9 Å². The van der Waals surface area contributed by atoms with Crippen molar-refractivity contribution in [1.82, 2.24) is 29.6 Å². The summed E-state index contributed by atoms with van der Waals surface area (Å²) in [5.74, 6) is -0.418. The first-order valence-electron chi connectivity index (χ1n) is 19.5. The van der Waals surface area contributed by atoms with Gasteiger partial charge in [0.25, 0.3) is 0 Å². The third kappa shape index (κ3) is 6.18. The van der Waals surface area contributed by atoms with Crippen LogP contribution in [0.1, 0.15) is 74.2 Å². The molecule has 6 heterocycles. The minimum absolute atomic E-state index is 0.0662. The van der Waals surface area contributed by atoms with Crippen LogP contribution in [0, 0.1) is 18.2 Å². The van der Waals surface area contributed by atoms with Crippen LogP contribution in [0.3, 0.4) is 0 Å². The van der Waals surface area contributed by atoms with Crippen LogP contribution < -0.4 is 14.4 Å². The predicted molar refractivity (Wildman–Crippen MR) is 192 cm³/mol. The van der Waals surface area contributed by atoms with Gasteiger partial charge in [-0.2, -0.15) is 15.1 Å². The minimum Gasteiger partial charge on any atom is -0.480 e. The number of β-amino-alcohol motifs (C(OH)–C–C–N with tert-alkyl or cyclic N) is 1. The van der Waals surface area contributed by atoms with Gasteiger partial charge in [0.15, 0.2) is 12.0 Å². The van der Waals surface area contributed by atoms with E-state index in [-0.39, 0.29) is 72.9 Å². The van der Waals surface area contributed by atoms with Gasteiger partial charge in [-0.1, -0.05) is 18.0 Å². The van der Waals surface area contributed by atoms with E-state index < -0.39 is 23.8 Å². The Morgan fingerprint density at radius 2 is 2.00 bits per heavy atom. The Hall–Kier alpha value is -3.36. The van der Waals surface area contributed by atoms with Gasteiger partial charge in [0.05, 0.1) is 50.2 Å². The molecule has 3 aliphatic heterocycles. The monoisotopic (exact) mass is 726 g/mol. The summed E-state index contributed by atoms with van der Waals surface area (Å²) in [7, 11) is 1.45. The molecule has 1 aromatic carbocycles. The quantitative estimate of drug-likeness (QED) is 0.239. The summed E-state index contributed by atoms with van der Waals surface area (Å²) in [6.45, 7) is 3.45. The Bertz CT molecular complexity index is 2060. The summed E-state index contributed by atoms with van der Waals surface area (Å²) in [5.41, 5.74) is -0.0357. The lowest BCUT2D eigenvalue weighted by Crippen LogP contribution is -2.50. The standard InChI is InChI=1S/C37H47ClFN7O5/c1-22-17-24-23(18-40-46(24)26-10-5-6-15-50-26)27(29(22)38)31-30(39)32-28(34(41-31)48-4)33(45-14-16-49-20-36(2,47)19-45)43-35(42-32)51-21-37-11-7-9-25(37)44(3)13-8-12-37/h17-18,25-26,47H,5-16,19-21H2,1-4H3/t25-,26?,36+,37-/m1/s1/i3D3. The Kier molecular flexibility index (Phi) is 8.29. The second-order valence-corrected chi connectivity index (χ2v) is 15.3. The second-order valence-electron chi connectivity index (χ2n) is 14.9. The maximum Gasteiger partial charge on any atom is 0.319 e. The number of aryl methyl sites for hydroxylation is 1. The minimum atomic E-state index is -2.22. The normalized spacial score (nSPS) is 28.7. The maximum absolute atomic E-state index is 17.5. The average Bonchev–Trinajstić information content (AvgIpc) is 3.72. The zero-order valence-electron chi connectivity index (χ0n) is 32.4. The molecular formula is C37H47ClFN7O5. The van der Waals surface area contributed by atoms with E-state index >= 15 is 4.39 Å². The maximum atomic E-state index is 17.5. The number of hydrogen-bond acceptors (Lipinski definition) is 11. The molecule has 0 spiro atoms. The van der Waals surface area contributed by atoms with Crippen LogP contribution >= 0.6 is 11.6 Å². The number of halogens is 2. The zero-order chi connectivity index (χ0) is 38.0. The van der Waals surface area contributed by atoms with Gasteiger partial charge in [0.2, 0.25) is 5.88 Å². The summed E-state index contributed by atoms with van der Waals surface area (Å²) in [4.78, 5) is 17.7. The molecule has 3 saturated heterocycles. The highest BCUT2D eigenvalue weighted by Crippen LogP contribution is 2.48. The van der Waals surface area contributed by atoms with Crippen molar-refractivity contribution < 1.29 is 32.6 Å². The molecule has 12 nitrogen and oxygen atoms in total. The zero-order valence-corrected chi connectivity index (χ0v) is 30.1. The van der Waals surface area contributed by atoms with Crippen LogP contribution in [0.4, 0.5) is 10.2 Å². The first-order chi connectivity index (χ1) is 25.8. The summed E-state index contributed by atoms with van der Waals surface area (Å²) >= 11 is 7.02. The molecule has 1 N–H and O–H groups in total. The lowest BCUT2D eigenvalue weighted by Gasteiger charge is -2.44. The summed E-state index contributed by atoms with van der Waals surface area (Å²) in [6.07, 6.45) is 8.16. The Morgan fingerprint density at radius 3 is 2.80 bits per heavy atom. The van der Waals surface area contributed by atoms with Crippen molar-refractivity contribution in [2.45, 2.75) is 83.1 Å². The van der Waals surface area contributed by atoms with Crippen molar-refractivity contribution in [2.75, 3.05) is 65.0 Å². The fraction of sp³-hybridized carbons (Fsp3) is 0.622. The average molecular weight is 727 g/mol. The van der Waals surface area contributed by atoms with Gasteiger partial charge in [-0.15, -0.1) is 0 Å². The van der Waals surface area contributed by atoms with Crippen molar-refractivity contribution in [3.05, 3.63) is 28.7 Å². The fourth-order valence-electron chi connectivity index (χ4n) is 8.67. The molecule has 14 heteroatoms. The van der Waals surface area contributed by atoms with Gasteiger partial charge in [-0.3, -0.25) is 0 Å². The molecule has 0 bridgehead atoms. The highest BCUT2D eigenvalue weighted by molar-refractivity contribution is 6.35. The summed E-state index contributed by atoms with van der Waals surface area (Å²) in [6, 6.07) is 1.67. The molecule has 0 radical (unpaired) electrons. The van der Waals surface area contributed by atoms with E-state index in [2.05, 4.69) is 5.10 Å². The topological polar surface area (TPSA) is 120 Å². The lowest BCUT2D eigenvalue weighted by molar-refractivity contribution is -0.0366. The molecule has 274 valence electrons. The molecule has 4 aromatic rings. The highest BCUT2D eigenvalue weighted by Gasteiger charge is 2.47. The molecule has 1 aliphatic carbocycles. The number of pyridine rings is 1. The van der Waals surface area contributed by atoms with Crippen molar-refractivity contribution in [3.8, 4) is 23.1 Å². The highest BCUT2D eigenvalue weighted by atomic mass is 35.5. The number of likely N-dealkylation sites (tertiary alicyclic amines) is 1. The number of anilines is 1. The predicted octanol–water partition coefficient (Wildman–Crippen LogP) is 6.08. The molecule has 1 unspecified atom stereocenters. The number of rotatable bonds is 7. The molecule has 3 aromatic heterocycles. The third-order valence-corrected chi connectivity index (χ3v) is 11.6. The first-order valence-corrected chi connectivity index (χ1v) is 18.4. The van der Waals surface area contributed by atoms with Gasteiger partial charge in [0.1, 0.15) is 28.0 Å². The van der Waals surface area contributed by atoms with Crippen LogP contribution in [0.2, 0.25) is 5.02 Å². The van der Waals surface area contributed by atoms with Gasteiger partial charge in [-0.25, -0.2) is 14.1 Å². The summed E-state index contributed by atoms with van der Waals surface area (Å²) < 4.78 is 68.0. The second kappa shape index (κ2) is 13.6. The van der Waals surface area contributed by atoms with E-state index in [9.17, 15) is 5.11 Å². The largest absolute Gasteiger partial charge is 0.480 e. The Balaban J connectivity index is 1.28. The van der Waals surface area contributed by atoms with E-state index in [1.807, 2.05) is 22.6 Å². The van der Waals surface area contributed by atoms with Gasteiger partial charge in [-0.05, 0) is 83.9 Å². The number of benzene rings is 1. The Labute approximate surface area is 306 Å². The SMILES string of the molecule is [2H]C([2H])([2H])N1CCC[C@@]2(COc3nc(N4CCOC[C@@](C)(O)C4)c4c(OC)nc(-c5c(Cl)c(C)cc6c5cnn6C5CCCCO5)c(F)c4n3)CCC[C@@H]12. The number of aliphatic hydroxyl groups is 1. The number of fused-ring (bicyclic) bond motifs is 3. The first kappa shape index (κ1) is 31.2. The van der Waals surface area contributed by atoms with Crippen LogP contribution in [0.25, 0.3) is 33.1 Å². The molecular weight excluding hydrogens is 677 g/mol. The van der Waals surface area contributed by atoms with E-state index in [1.54, 1.807) is 18.0 Å². The number of ether oxygens (including phenoxy) is 4. The van der Waals surface area contributed by atoms with Gasteiger partial charge >= 0.3 is 6.01 Å². The number of hydrogen-bond donors (Lipinski definition) is 1. The van der Waals surface area contributed by atoms with E-state index in [4.69, 9.17) is 49.6 Å². The third-order valence-electron chi connectivity index (χ3n) is 11.1. The molecule has 4 fully saturated rings. The molecule has 1 saturated carbocycles. The van der Waals surface area contributed by atoms with Crippen molar-refractivity contribution in [2.24, 2.45) is 5.41 Å². The van der Waals surface area contributed by atoms with Crippen LogP contribution in [-0.2, 0) is 9.47 Å². The number of piperidine rings is 1. The van der Waals surface area contributed by atoms with Gasteiger partial charge in [0, 0.05) is 39.7 Å². The van der Waals surface area contributed by atoms with E-state index in [0.717, 1.165) is 56.9 Å². The van der Waals surface area contributed by atoms with E-state index in [1.165, 1.54) is 7.11 Å². The lowest BCUT2D eigenvalue weighted by atomic mass is 9.76. The molecule has 8 rings (SSSR count).